The topological polar surface area (TPSA) is 87.9 Å². The number of thioether (sulfide) groups is 1. The third-order valence-electron chi connectivity index (χ3n) is 6.38. The minimum absolute atomic E-state index is 0.232. The van der Waals surface area contributed by atoms with Crippen LogP contribution in [0.2, 0.25) is 5.02 Å². The Kier molecular flexibility index (Phi) is 8.70. The number of nitriles is 1. The monoisotopic (exact) mass is 596 g/mol. The molecular formula is C32H25ClN4O2S2. The molecule has 0 saturated carbocycles. The van der Waals surface area contributed by atoms with Gasteiger partial charge in [0.25, 0.3) is 0 Å². The first-order valence-corrected chi connectivity index (χ1v) is 14.8. The molecule has 1 atom stereocenters. The van der Waals surface area contributed by atoms with Crippen LogP contribution >= 0.6 is 34.7 Å². The van der Waals surface area contributed by atoms with Crippen molar-refractivity contribution >= 4 is 45.7 Å². The van der Waals surface area contributed by atoms with Crippen LogP contribution in [0, 0.1) is 18.3 Å². The smallest absolute Gasteiger partial charge is 0.239 e. The lowest BCUT2D eigenvalue weighted by atomic mass is 9.98. The second-order valence-electron chi connectivity index (χ2n) is 9.24. The Morgan fingerprint density at radius 3 is 2.27 bits per heavy atom. The molecule has 2 aromatic heterocycles. The zero-order valence-corrected chi connectivity index (χ0v) is 24.9. The van der Waals surface area contributed by atoms with E-state index >= 15 is 0 Å². The number of carbonyl (C=O) groups excluding carboxylic acids is 1. The van der Waals surface area contributed by atoms with Crippen LogP contribution in [0.15, 0.2) is 89.3 Å². The number of amides is 1. The molecule has 6 nitrogen and oxygen atoms in total. The zero-order valence-electron chi connectivity index (χ0n) is 22.5. The van der Waals surface area contributed by atoms with Crippen LogP contribution in [-0.2, 0) is 4.79 Å². The first-order valence-electron chi connectivity index (χ1n) is 12.7. The molecule has 9 heteroatoms. The lowest BCUT2D eigenvalue weighted by Gasteiger charge is -2.15. The Morgan fingerprint density at radius 1 is 0.976 bits per heavy atom. The Bertz CT molecular complexity index is 1730. The highest BCUT2D eigenvalue weighted by atomic mass is 35.5. The van der Waals surface area contributed by atoms with Crippen LogP contribution in [0.3, 0.4) is 0 Å². The highest BCUT2D eigenvalue weighted by molar-refractivity contribution is 8.00. The van der Waals surface area contributed by atoms with Gasteiger partial charge in [0.2, 0.25) is 5.91 Å². The Labute approximate surface area is 252 Å². The normalized spacial score (nSPS) is 11.5. The molecule has 1 unspecified atom stereocenters. The van der Waals surface area contributed by atoms with Crippen molar-refractivity contribution in [2.24, 2.45) is 0 Å². The van der Waals surface area contributed by atoms with E-state index in [1.807, 2.05) is 79.0 Å². The molecular weight excluding hydrogens is 572 g/mol. The number of rotatable bonds is 8. The largest absolute Gasteiger partial charge is 0.497 e. The molecule has 0 spiro atoms. The van der Waals surface area contributed by atoms with Crippen LogP contribution in [-0.4, -0.2) is 28.2 Å². The second-order valence-corrected chi connectivity index (χ2v) is 11.9. The lowest BCUT2D eigenvalue weighted by Crippen LogP contribution is -2.22. The number of benzene rings is 3. The van der Waals surface area contributed by atoms with Crippen LogP contribution in [0.25, 0.3) is 33.6 Å². The molecule has 1 N–H and O–H groups in total. The fourth-order valence-corrected chi connectivity index (χ4v) is 5.87. The number of ether oxygens (including phenoxy) is 1. The Morgan fingerprint density at radius 2 is 1.61 bits per heavy atom. The van der Waals surface area contributed by atoms with Crippen molar-refractivity contribution in [1.82, 2.24) is 9.97 Å². The molecule has 204 valence electrons. The number of hydrogen-bond acceptors (Lipinski definition) is 7. The van der Waals surface area contributed by atoms with E-state index in [9.17, 15) is 10.1 Å². The number of aromatic nitrogens is 2. The number of methoxy groups -OCH3 is 1. The summed E-state index contributed by atoms with van der Waals surface area (Å²) < 4.78 is 5.31. The molecule has 3 aromatic carbocycles. The minimum Gasteiger partial charge on any atom is -0.497 e. The maximum absolute atomic E-state index is 13.2. The van der Waals surface area contributed by atoms with Crippen molar-refractivity contribution in [3.05, 3.63) is 100 Å². The van der Waals surface area contributed by atoms with E-state index in [1.165, 1.54) is 23.1 Å². The fraction of sp³-hybridized carbons (Fsp3) is 0.125. The van der Waals surface area contributed by atoms with Gasteiger partial charge in [-0.05, 0) is 61.9 Å². The minimum atomic E-state index is -0.547. The van der Waals surface area contributed by atoms with E-state index in [4.69, 9.17) is 21.3 Å². The number of nitrogens with one attached hydrogen (secondary N) is 1. The summed E-state index contributed by atoms with van der Waals surface area (Å²) in [7, 11) is 1.62. The summed E-state index contributed by atoms with van der Waals surface area (Å²) >= 11 is 8.59. The SMILES string of the molecule is COc1ccc(-c2cc(-c3ccc(C)cc3)c(C#N)c(SC(C)C(=O)Nc3nc(-c4ccc(Cl)cc4)cs3)n2)cc1. The highest BCUT2D eigenvalue weighted by Gasteiger charge is 2.22. The van der Waals surface area contributed by atoms with Crippen LogP contribution in [0.5, 0.6) is 5.75 Å². The van der Waals surface area contributed by atoms with Crippen LogP contribution < -0.4 is 10.1 Å². The molecule has 5 aromatic rings. The predicted octanol–water partition coefficient (Wildman–Crippen LogP) is 8.50. The number of pyridine rings is 1. The molecule has 0 aliphatic carbocycles. The van der Waals surface area contributed by atoms with Crippen molar-refractivity contribution < 1.29 is 9.53 Å². The molecule has 1 amide bonds. The van der Waals surface area contributed by atoms with Crippen molar-refractivity contribution in [3.63, 3.8) is 0 Å². The number of hydrogen-bond donors (Lipinski definition) is 1. The van der Waals surface area contributed by atoms with Crippen molar-refractivity contribution in [3.8, 4) is 45.5 Å². The summed E-state index contributed by atoms with van der Waals surface area (Å²) in [4.78, 5) is 22.6. The van der Waals surface area contributed by atoms with Gasteiger partial charge in [-0.3, -0.25) is 4.79 Å². The van der Waals surface area contributed by atoms with Gasteiger partial charge in [-0.25, -0.2) is 9.97 Å². The lowest BCUT2D eigenvalue weighted by molar-refractivity contribution is -0.115. The number of anilines is 1. The first-order chi connectivity index (χ1) is 19.8. The Balaban J connectivity index is 1.44. The molecule has 0 bridgehead atoms. The van der Waals surface area contributed by atoms with Crippen LogP contribution in [0.4, 0.5) is 5.13 Å². The van der Waals surface area contributed by atoms with Gasteiger partial charge in [0.15, 0.2) is 5.13 Å². The average molecular weight is 597 g/mol. The van der Waals surface area contributed by atoms with E-state index in [2.05, 4.69) is 16.4 Å². The molecule has 0 radical (unpaired) electrons. The van der Waals surface area contributed by atoms with Gasteiger partial charge in [0, 0.05) is 27.1 Å². The number of aryl methyl sites for hydroxylation is 1. The summed E-state index contributed by atoms with van der Waals surface area (Å²) in [5.41, 5.74) is 6.45. The van der Waals surface area contributed by atoms with E-state index in [0.717, 1.165) is 39.3 Å². The number of nitrogens with zero attached hydrogens (tertiary/aromatic N) is 3. The van der Waals surface area contributed by atoms with E-state index in [-0.39, 0.29) is 5.91 Å². The van der Waals surface area contributed by atoms with E-state index in [0.29, 0.717) is 26.4 Å². The summed E-state index contributed by atoms with van der Waals surface area (Å²) in [6.45, 7) is 3.81. The summed E-state index contributed by atoms with van der Waals surface area (Å²) in [5.74, 6) is 0.506. The zero-order chi connectivity index (χ0) is 28.9. The number of carbonyl (C=O) groups is 1. The van der Waals surface area contributed by atoms with Crippen LogP contribution in [0.1, 0.15) is 18.1 Å². The van der Waals surface area contributed by atoms with Crippen molar-refractivity contribution in [2.45, 2.75) is 24.1 Å². The van der Waals surface area contributed by atoms with Crippen molar-refractivity contribution in [1.29, 1.82) is 5.26 Å². The number of halogens is 1. The van der Waals surface area contributed by atoms with E-state index in [1.54, 1.807) is 26.2 Å². The maximum Gasteiger partial charge on any atom is 0.239 e. The van der Waals surface area contributed by atoms with E-state index < -0.39 is 5.25 Å². The highest BCUT2D eigenvalue weighted by Crippen LogP contribution is 2.36. The van der Waals surface area contributed by atoms with Gasteiger partial charge in [0.1, 0.15) is 16.8 Å². The maximum atomic E-state index is 13.2. The van der Waals surface area contributed by atoms with Gasteiger partial charge in [-0.1, -0.05) is 65.3 Å². The second kappa shape index (κ2) is 12.6. The standard InChI is InChI=1S/C32H25ClN4O2S2/c1-19-4-6-21(7-5-19)26-16-28(22-10-14-25(39-3)15-11-22)35-31(27(26)17-34)41-20(2)30(38)37-32-36-29(18-40-32)23-8-12-24(33)13-9-23/h4-16,18,20H,1-3H3,(H,36,37,38). The first kappa shape index (κ1) is 28.4. The molecule has 2 heterocycles. The molecule has 0 saturated heterocycles. The number of thiazole rings is 1. The van der Waals surface area contributed by atoms with Gasteiger partial charge >= 0.3 is 0 Å². The van der Waals surface area contributed by atoms with Crippen molar-refractivity contribution in [2.75, 3.05) is 12.4 Å². The van der Waals surface area contributed by atoms with Gasteiger partial charge < -0.3 is 10.1 Å². The van der Waals surface area contributed by atoms with Gasteiger partial charge in [0.05, 0.1) is 29.3 Å². The molecule has 0 aliphatic rings. The third-order valence-corrected chi connectivity index (χ3v) is 8.47. The average Bonchev–Trinajstić information content (AvgIpc) is 3.46. The Hall–Kier alpha value is -4.16. The summed E-state index contributed by atoms with van der Waals surface area (Å²) in [5, 5.41) is 16.1. The quantitative estimate of drug-likeness (QED) is 0.181. The van der Waals surface area contributed by atoms with Gasteiger partial charge in [-0.15, -0.1) is 11.3 Å². The van der Waals surface area contributed by atoms with Gasteiger partial charge in [-0.2, -0.15) is 5.26 Å². The summed E-state index contributed by atoms with van der Waals surface area (Å²) in [6.07, 6.45) is 0. The molecule has 0 aliphatic heterocycles. The third kappa shape index (κ3) is 6.60. The fourth-order valence-electron chi connectivity index (χ4n) is 4.10. The molecule has 41 heavy (non-hydrogen) atoms. The summed E-state index contributed by atoms with van der Waals surface area (Å²) in [6, 6.07) is 27.3. The predicted molar refractivity (Wildman–Crippen MR) is 168 cm³/mol. The molecule has 0 fully saturated rings. The molecule has 5 rings (SSSR count).